The summed E-state index contributed by atoms with van der Waals surface area (Å²) < 4.78 is 0. The van der Waals surface area contributed by atoms with E-state index in [-0.39, 0.29) is 0 Å². The molecular weight excluding hydrogens is 204 g/mol. The molecule has 2 rings (SSSR count). The van der Waals surface area contributed by atoms with Gasteiger partial charge >= 0.3 is 5.97 Å². The molecule has 2 N–H and O–H groups in total. The van der Waals surface area contributed by atoms with E-state index in [1.54, 1.807) is 0 Å². The van der Waals surface area contributed by atoms with Gasteiger partial charge in [-0.25, -0.2) is 0 Å². The molecule has 4 heteroatoms. The lowest BCUT2D eigenvalue weighted by Crippen LogP contribution is -2.66. The highest BCUT2D eigenvalue weighted by Crippen LogP contribution is 2.46. The fourth-order valence-corrected chi connectivity index (χ4v) is 2.94. The average Bonchev–Trinajstić information content (AvgIpc) is 2.16. The third kappa shape index (κ3) is 1.84. The number of piperazine rings is 1. The third-order valence-corrected chi connectivity index (χ3v) is 4.26. The topological polar surface area (TPSA) is 52.6 Å². The van der Waals surface area contributed by atoms with Crippen molar-refractivity contribution in [2.45, 2.75) is 32.2 Å². The Kier molecular flexibility index (Phi) is 3.22. The van der Waals surface area contributed by atoms with Crippen LogP contribution in [-0.4, -0.2) is 47.7 Å². The molecule has 16 heavy (non-hydrogen) atoms. The van der Waals surface area contributed by atoms with Crippen LogP contribution in [0.5, 0.6) is 0 Å². The van der Waals surface area contributed by atoms with Crippen molar-refractivity contribution in [3.63, 3.8) is 0 Å². The van der Waals surface area contributed by atoms with Gasteiger partial charge in [-0.1, -0.05) is 13.8 Å². The highest BCUT2D eigenvalue weighted by Gasteiger charge is 2.54. The van der Waals surface area contributed by atoms with Gasteiger partial charge in [-0.05, 0) is 24.7 Å². The standard InChI is InChI=1S/C12H22N2O2/c1-9(2)10-7-12(8-10,11(15)16)14-5-3-13-4-6-14/h9-10,13H,3-8H2,1-2H3,(H,15,16). The molecule has 2 aliphatic rings. The number of carbonyl (C=O) groups is 1. The number of carboxylic acid groups (broad SMARTS) is 1. The first-order valence-corrected chi connectivity index (χ1v) is 6.25. The van der Waals surface area contributed by atoms with Gasteiger partial charge in [0.15, 0.2) is 0 Å². The lowest BCUT2D eigenvalue weighted by molar-refractivity contribution is -0.165. The predicted molar refractivity (Wildman–Crippen MR) is 62.4 cm³/mol. The SMILES string of the molecule is CC(C)C1CC(C(=O)O)(N2CCNCC2)C1. The summed E-state index contributed by atoms with van der Waals surface area (Å²) >= 11 is 0. The van der Waals surface area contributed by atoms with Crippen LogP contribution in [0.25, 0.3) is 0 Å². The van der Waals surface area contributed by atoms with Crippen LogP contribution in [0.3, 0.4) is 0 Å². The second-order valence-corrected chi connectivity index (χ2v) is 5.49. The lowest BCUT2D eigenvalue weighted by Gasteiger charge is -2.53. The Balaban J connectivity index is 2.04. The van der Waals surface area contributed by atoms with Gasteiger partial charge in [-0.2, -0.15) is 0 Å². The van der Waals surface area contributed by atoms with Crippen LogP contribution in [0.15, 0.2) is 0 Å². The second kappa shape index (κ2) is 4.34. The molecule has 1 aliphatic carbocycles. The van der Waals surface area contributed by atoms with Crippen molar-refractivity contribution < 1.29 is 9.90 Å². The molecule has 0 unspecified atom stereocenters. The molecule has 0 amide bonds. The summed E-state index contributed by atoms with van der Waals surface area (Å²) in [5, 5.41) is 12.7. The molecule has 92 valence electrons. The van der Waals surface area contributed by atoms with Crippen LogP contribution in [0, 0.1) is 11.8 Å². The normalized spacial score (nSPS) is 36.1. The number of hydrogen-bond acceptors (Lipinski definition) is 3. The predicted octanol–water partition coefficient (Wildman–Crippen LogP) is 0.781. The van der Waals surface area contributed by atoms with E-state index in [4.69, 9.17) is 0 Å². The van der Waals surface area contributed by atoms with Crippen LogP contribution in [-0.2, 0) is 4.79 Å². The molecule has 1 aliphatic heterocycles. The Morgan fingerprint density at radius 3 is 2.38 bits per heavy atom. The molecule has 1 saturated heterocycles. The Hall–Kier alpha value is -0.610. The highest BCUT2D eigenvalue weighted by molar-refractivity contribution is 5.80. The summed E-state index contributed by atoms with van der Waals surface area (Å²) in [6, 6.07) is 0. The highest BCUT2D eigenvalue weighted by atomic mass is 16.4. The largest absolute Gasteiger partial charge is 0.480 e. The van der Waals surface area contributed by atoms with Gasteiger partial charge in [0.05, 0.1) is 0 Å². The van der Waals surface area contributed by atoms with Crippen molar-refractivity contribution in [2.24, 2.45) is 11.8 Å². The first kappa shape index (κ1) is 11.9. The molecule has 0 bridgehead atoms. The summed E-state index contributed by atoms with van der Waals surface area (Å²) in [5.41, 5.74) is -0.545. The Labute approximate surface area is 97.0 Å². The lowest BCUT2D eigenvalue weighted by atomic mass is 9.63. The zero-order valence-corrected chi connectivity index (χ0v) is 10.2. The minimum absolute atomic E-state index is 0.545. The third-order valence-electron chi connectivity index (χ3n) is 4.26. The van der Waals surface area contributed by atoms with Crippen LogP contribution < -0.4 is 5.32 Å². The van der Waals surface area contributed by atoms with Crippen molar-refractivity contribution in [3.8, 4) is 0 Å². The van der Waals surface area contributed by atoms with E-state index in [1.807, 2.05) is 0 Å². The Morgan fingerprint density at radius 2 is 1.94 bits per heavy atom. The molecular formula is C12H22N2O2. The van der Waals surface area contributed by atoms with Gasteiger partial charge < -0.3 is 10.4 Å². The molecule has 1 heterocycles. The summed E-state index contributed by atoms with van der Waals surface area (Å²) in [6.07, 6.45) is 1.67. The first-order valence-electron chi connectivity index (χ1n) is 6.25. The van der Waals surface area contributed by atoms with E-state index in [1.165, 1.54) is 0 Å². The Bertz CT molecular complexity index is 266. The fourth-order valence-electron chi connectivity index (χ4n) is 2.94. The molecule has 0 aromatic carbocycles. The molecule has 2 fully saturated rings. The fraction of sp³-hybridized carbons (Fsp3) is 0.917. The molecule has 0 radical (unpaired) electrons. The maximum atomic E-state index is 11.5. The average molecular weight is 226 g/mol. The minimum Gasteiger partial charge on any atom is -0.480 e. The number of nitrogens with zero attached hydrogens (tertiary/aromatic N) is 1. The quantitative estimate of drug-likeness (QED) is 0.747. The van der Waals surface area contributed by atoms with Crippen molar-refractivity contribution in [2.75, 3.05) is 26.2 Å². The number of aliphatic carboxylic acids is 1. The van der Waals surface area contributed by atoms with Crippen LogP contribution in [0.2, 0.25) is 0 Å². The van der Waals surface area contributed by atoms with Gasteiger partial charge in [-0.15, -0.1) is 0 Å². The van der Waals surface area contributed by atoms with E-state index in [9.17, 15) is 9.90 Å². The summed E-state index contributed by atoms with van der Waals surface area (Å²) in [4.78, 5) is 13.7. The van der Waals surface area contributed by atoms with E-state index < -0.39 is 11.5 Å². The molecule has 0 aromatic heterocycles. The van der Waals surface area contributed by atoms with Crippen LogP contribution >= 0.6 is 0 Å². The van der Waals surface area contributed by atoms with Crippen molar-refractivity contribution in [3.05, 3.63) is 0 Å². The van der Waals surface area contributed by atoms with Crippen LogP contribution in [0.1, 0.15) is 26.7 Å². The van der Waals surface area contributed by atoms with E-state index >= 15 is 0 Å². The maximum Gasteiger partial charge on any atom is 0.324 e. The number of carboxylic acids is 1. The monoisotopic (exact) mass is 226 g/mol. The van der Waals surface area contributed by atoms with Gasteiger partial charge in [0, 0.05) is 26.2 Å². The summed E-state index contributed by atoms with van der Waals surface area (Å²) in [5.74, 6) is 0.577. The molecule has 1 saturated carbocycles. The van der Waals surface area contributed by atoms with Gasteiger partial charge in [0.25, 0.3) is 0 Å². The zero-order valence-electron chi connectivity index (χ0n) is 10.2. The van der Waals surface area contributed by atoms with E-state index in [0.717, 1.165) is 39.0 Å². The van der Waals surface area contributed by atoms with Crippen LogP contribution in [0.4, 0.5) is 0 Å². The van der Waals surface area contributed by atoms with E-state index in [2.05, 4.69) is 24.1 Å². The summed E-state index contributed by atoms with van der Waals surface area (Å²) in [7, 11) is 0. The van der Waals surface area contributed by atoms with Gasteiger partial charge in [0.2, 0.25) is 0 Å². The molecule has 4 nitrogen and oxygen atoms in total. The number of hydrogen-bond donors (Lipinski definition) is 2. The molecule has 0 aromatic rings. The Morgan fingerprint density at radius 1 is 1.38 bits per heavy atom. The van der Waals surface area contributed by atoms with Gasteiger partial charge in [-0.3, -0.25) is 9.69 Å². The first-order chi connectivity index (χ1) is 7.56. The summed E-state index contributed by atoms with van der Waals surface area (Å²) in [6.45, 7) is 7.96. The number of rotatable bonds is 3. The van der Waals surface area contributed by atoms with Crippen molar-refractivity contribution >= 4 is 5.97 Å². The smallest absolute Gasteiger partial charge is 0.324 e. The number of nitrogens with one attached hydrogen (secondary N) is 1. The second-order valence-electron chi connectivity index (χ2n) is 5.49. The van der Waals surface area contributed by atoms with Gasteiger partial charge in [0.1, 0.15) is 5.54 Å². The van der Waals surface area contributed by atoms with E-state index in [0.29, 0.717) is 11.8 Å². The molecule has 0 spiro atoms. The minimum atomic E-state index is -0.619. The molecule has 0 atom stereocenters. The van der Waals surface area contributed by atoms with Crippen molar-refractivity contribution in [1.29, 1.82) is 0 Å². The maximum absolute atomic E-state index is 11.5. The zero-order chi connectivity index (χ0) is 11.8. The van der Waals surface area contributed by atoms with Crippen molar-refractivity contribution in [1.82, 2.24) is 10.2 Å².